The molecule has 0 N–H and O–H groups in total. The van der Waals surface area contributed by atoms with Crippen molar-refractivity contribution < 1.29 is 23.8 Å². The van der Waals surface area contributed by atoms with Gasteiger partial charge in [-0.25, -0.2) is 0 Å². The van der Waals surface area contributed by atoms with E-state index < -0.39 is 0 Å². The summed E-state index contributed by atoms with van der Waals surface area (Å²) in [6.45, 7) is 4.70. The predicted molar refractivity (Wildman–Crippen MR) is 109 cm³/mol. The third-order valence-corrected chi connectivity index (χ3v) is 5.95. The molecule has 0 radical (unpaired) electrons. The van der Waals surface area contributed by atoms with Crippen LogP contribution < -0.4 is 4.74 Å². The number of aryl methyl sites for hydroxylation is 1. The Morgan fingerprint density at radius 1 is 1.10 bits per heavy atom. The van der Waals surface area contributed by atoms with Crippen molar-refractivity contribution in [2.24, 2.45) is 0 Å². The van der Waals surface area contributed by atoms with Crippen molar-refractivity contribution in [3.8, 4) is 5.75 Å². The molecule has 3 rings (SSSR count). The van der Waals surface area contributed by atoms with Gasteiger partial charge in [0.2, 0.25) is 5.91 Å². The van der Waals surface area contributed by atoms with Crippen LogP contribution >= 0.6 is 0 Å². The summed E-state index contributed by atoms with van der Waals surface area (Å²) >= 11 is 0. The van der Waals surface area contributed by atoms with Gasteiger partial charge in [-0.3, -0.25) is 9.59 Å². The molecule has 2 saturated heterocycles. The van der Waals surface area contributed by atoms with E-state index >= 15 is 0 Å². The molecule has 29 heavy (non-hydrogen) atoms. The quantitative estimate of drug-likeness (QED) is 0.728. The number of hydrogen-bond donors (Lipinski definition) is 0. The normalized spacial score (nSPS) is 18.5. The van der Waals surface area contributed by atoms with Crippen molar-refractivity contribution in [2.45, 2.75) is 44.7 Å². The first-order valence-corrected chi connectivity index (χ1v) is 10.4. The molecule has 2 aliphatic heterocycles. The van der Waals surface area contributed by atoms with Crippen molar-refractivity contribution in [1.29, 1.82) is 0 Å². The third kappa shape index (κ3) is 5.08. The number of amides is 2. The number of benzene rings is 1. The second-order valence-corrected chi connectivity index (χ2v) is 7.78. The van der Waals surface area contributed by atoms with Crippen LogP contribution in [-0.2, 0) is 14.3 Å². The lowest BCUT2D eigenvalue weighted by Crippen LogP contribution is -2.54. The van der Waals surface area contributed by atoms with Crippen molar-refractivity contribution in [3.05, 3.63) is 29.3 Å². The highest BCUT2D eigenvalue weighted by molar-refractivity contribution is 5.96. The van der Waals surface area contributed by atoms with Crippen molar-refractivity contribution >= 4 is 11.8 Å². The van der Waals surface area contributed by atoms with Crippen molar-refractivity contribution in [1.82, 2.24) is 9.80 Å². The standard InChI is InChI=1S/C22H32N2O5/c1-16-14-19(28-3)4-5-20(16)22(26)23-10-6-17(7-11-23)24(21(25)15-27-2)18-8-12-29-13-9-18/h4-5,14,17-18H,6-13,15H2,1-3H3. The van der Waals surface area contributed by atoms with Crippen LogP contribution in [0, 0.1) is 6.92 Å². The van der Waals surface area contributed by atoms with Gasteiger partial charge >= 0.3 is 0 Å². The van der Waals surface area contributed by atoms with E-state index in [4.69, 9.17) is 14.2 Å². The Kier molecular flexibility index (Phi) is 7.50. The van der Waals surface area contributed by atoms with Gasteiger partial charge in [-0.05, 0) is 56.4 Å². The van der Waals surface area contributed by atoms with E-state index in [0.29, 0.717) is 31.9 Å². The average molecular weight is 405 g/mol. The molecule has 2 aliphatic rings. The minimum atomic E-state index is 0.0372. The summed E-state index contributed by atoms with van der Waals surface area (Å²) in [5.74, 6) is 0.834. The zero-order valence-electron chi connectivity index (χ0n) is 17.7. The zero-order valence-corrected chi connectivity index (χ0v) is 17.7. The number of likely N-dealkylation sites (tertiary alicyclic amines) is 1. The molecule has 0 atom stereocenters. The lowest BCUT2D eigenvalue weighted by atomic mass is 9.97. The molecule has 7 nitrogen and oxygen atoms in total. The number of carbonyl (C=O) groups excluding carboxylic acids is 2. The van der Waals surface area contributed by atoms with Crippen LogP contribution in [0.1, 0.15) is 41.6 Å². The van der Waals surface area contributed by atoms with E-state index in [0.717, 1.165) is 37.0 Å². The second-order valence-electron chi connectivity index (χ2n) is 7.78. The van der Waals surface area contributed by atoms with E-state index in [1.165, 1.54) is 0 Å². The fourth-order valence-corrected chi connectivity index (χ4v) is 4.39. The van der Waals surface area contributed by atoms with Crippen LogP contribution in [0.3, 0.4) is 0 Å². The molecule has 2 heterocycles. The number of rotatable bonds is 6. The van der Waals surface area contributed by atoms with Crippen LogP contribution in [0.4, 0.5) is 0 Å². The van der Waals surface area contributed by atoms with Crippen LogP contribution in [0.25, 0.3) is 0 Å². The summed E-state index contributed by atoms with van der Waals surface area (Å²) in [4.78, 5) is 29.7. The van der Waals surface area contributed by atoms with Gasteiger partial charge in [0.05, 0.1) is 7.11 Å². The fraction of sp³-hybridized carbons (Fsp3) is 0.636. The smallest absolute Gasteiger partial charge is 0.254 e. The van der Waals surface area contributed by atoms with Gasteiger partial charge in [0.1, 0.15) is 12.4 Å². The Morgan fingerprint density at radius 2 is 1.76 bits per heavy atom. The van der Waals surface area contributed by atoms with E-state index in [-0.39, 0.29) is 30.5 Å². The van der Waals surface area contributed by atoms with Crippen LogP contribution in [0.2, 0.25) is 0 Å². The Labute approximate surface area is 172 Å². The molecule has 2 amide bonds. The molecule has 7 heteroatoms. The second kappa shape index (κ2) is 10.1. The van der Waals surface area contributed by atoms with E-state index in [1.54, 1.807) is 14.2 Å². The predicted octanol–water partition coefficient (Wildman–Crippen LogP) is 2.26. The first-order valence-electron chi connectivity index (χ1n) is 10.4. The van der Waals surface area contributed by atoms with Gasteiger partial charge in [0.15, 0.2) is 0 Å². The first kappa shape index (κ1) is 21.6. The molecule has 0 aliphatic carbocycles. The van der Waals surface area contributed by atoms with Gasteiger partial charge in [-0.2, -0.15) is 0 Å². The number of methoxy groups -OCH3 is 2. The maximum absolute atomic E-state index is 13.0. The lowest BCUT2D eigenvalue weighted by molar-refractivity contribution is -0.143. The highest BCUT2D eigenvalue weighted by Gasteiger charge is 2.35. The molecular weight excluding hydrogens is 372 g/mol. The highest BCUT2D eigenvalue weighted by Crippen LogP contribution is 2.26. The fourth-order valence-electron chi connectivity index (χ4n) is 4.39. The summed E-state index contributed by atoms with van der Waals surface area (Å²) < 4.78 is 15.8. The highest BCUT2D eigenvalue weighted by atomic mass is 16.5. The topological polar surface area (TPSA) is 68.3 Å². The minimum absolute atomic E-state index is 0.0372. The summed E-state index contributed by atoms with van der Waals surface area (Å²) in [6, 6.07) is 5.88. The van der Waals surface area contributed by atoms with Crippen LogP contribution in [0.5, 0.6) is 5.75 Å². The molecule has 0 spiro atoms. The van der Waals surface area contributed by atoms with E-state index in [2.05, 4.69) is 0 Å². The largest absolute Gasteiger partial charge is 0.497 e. The Balaban J connectivity index is 1.65. The van der Waals surface area contributed by atoms with Gasteiger partial charge in [0, 0.05) is 51.1 Å². The number of carbonyl (C=O) groups is 2. The molecule has 0 bridgehead atoms. The molecule has 1 aromatic carbocycles. The number of nitrogens with zero attached hydrogens (tertiary/aromatic N) is 2. The summed E-state index contributed by atoms with van der Waals surface area (Å²) in [5.41, 5.74) is 1.62. The Hall–Kier alpha value is -2.12. The van der Waals surface area contributed by atoms with E-state index in [1.807, 2.05) is 34.9 Å². The summed E-state index contributed by atoms with van der Waals surface area (Å²) in [5, 5.41) is 0. The van der Waals surface area contributed by atoms with Crippen molar-refractivity contribution in [2.75, 3.05) is 47.1 Å². The van der Waals surface area contributed by atoms with Crippen LogP contribution in [-0.4, -0.2) is 80.8 Å². The molecule has 0 unspecified atom stereocenters. The Morgan fingerprint density at radius 3 is 2.34 bits per heavy atom. The number of piperidine rings is 1. The molecule has 0 saturated carbocycles. The Bertz CT molecular complexity index is 709. The SMILES string of the molecule is COCC(=O)N(C1CCOCC1)C1CCN(C(=O)c2ccc(OC)cc2C)CC1. The average Bonchev–Trinajstić information content (AvgIpc) is 2.75. The lowest BCUT2D eigenvalue weighted by Gasteiger charge is -2.43. The minimum Gasteiger partial charge on any atom is -0.497 e. The molecule has 160 valence electrons. The van der Waals surface area contributed by atoms with Crippen molar-refractivity contribution in [3.63, 3.8) is 0 Å². The summed E-state index contributed by atoms with van der Waals surface area (Å²) in [6.07, 6.45) is 3.29. The first-order chi connectivity index (χ1) is 14.0. The number of hydrogen-bond acceptors (Lipinski definition) is 5. The maximum atomic E-state index is 13.0. The summed E-state index contributed by atoms with van der Waals surface area (Å²) in [7, 11) is 3.18. The zero-order chi connectivity index (χ0) is 20.8. The number of ether oxygens (including phenoxy) is 3. The van der Waals surface area contributed by atoms with Gasteiger partial charge in [-0.1, -0.05) is 0 Å². The monoisotopic (exact) mass is 404 g/mol. The maximum Gasteiger partial charge on any atom is 0.254 e. The van der Waals surface area contributed by atoms with E-state index in [9.17, 15) is 9.59 Å². The van der Waals surface area contributed by atoms with Gasteiger partial charge < -0.3 is 24.0 Å². The van der Waals surface area contributed by atoms with Gasteiger partial charge in [-0.15, -0.1) is 0 Å². The van der Waals surface area contributed by atoms with Gasteiger partial charge in [0.25, 0.3) is 5.91 Å². The molecule has 2 fully saturated rings. The molecule has 0 aromatic heterocycles. The van der Waals surface area contributed by atoms with Crippen LogP contribution in [0.15, 0.2) is 18.2 Å². The molecular formula is C22H32N2O5. The third-order valence-electron chi connectivity index (χ3n) is 5.95. The molecule has 1 aromatic rings.